The molecule has 0 spiro atoms. The van der Waals surface area contributed by atoms with Gasteiger partial charge in [0.25, 0.3) is 5.91 Å². The summed E-state index contributed by atoms with van der Waals surface area (Å²) in [5.74, 6) is 2.95. The first kappa shape index (κ1) is 26.5. The van der Waals surface area contributed by atoms with Gasteiger partial charge in [-0.3, -0.25) is 4.79 Å². The van der Waals surface area contributed by atoms with Crippen LogP contribution in [0.25, 0.3) is 33.6 Å². The van der Waals surface area contributed by atoms with Gasteiger partial charge in [-0.25, -0.2) is 9.97 Å². The summed E-state index contributed by atoms with van der Waals surface area (Å²) in [5, 5.41) is 1.11. The minimum atomic E-state index is -0.0317. The van der Waals surface area contributed by atoms with E-state index in [9.17, 15) is 4.79 Å². The fourth-order valence-corrected chi connectivity index (χ4v) is 6.89. The highest BCUT2D eigenvalue weighted by molar-refractivity contribution is 6.00. The quantitative estimate of drug-likeness (QED) is 0.338. The Hall–Kier alpha value is -3.43. The third-order valence-corrected chi connectivity index (χ3v) is 9.71. The molecule has 216 valence electrons. The molecular weight excluding hydrogens is 516 g/mol. The first-order valence-electron chi connectivity index (χ1n) is 15.0. The number of hydrogen-bond donors (Lipinski definition) is 1. The summed E-state index contributed by atoms with van der Waals surface area (Å²) in [7, 11) is 3.47. The first-order valence-corrected chi connectivity index (χ1v) is 15.0. The number of amides is 1. The number of carbonyl (C=O) groups is 1. The molecule has 1 unspecified atom stereocenters. The van der Waals surface area contributed by atoms with E-state index in [1.165, 1.54) is 12.8 Å². The molecule has 1 aromatic carbocycles. The standard InChI is InChI=1S/C32H40N6O3/c1-18-15-36(19(2)28(18)33)32(39)23-12-25-29(27(14-23)41-4)38(17-21-10-24(11-21)40-3)31(35-25)26-13-22-6-5-9-34-30(22)37(26)16-20-7-8-20/h5-6,9,12-14,18-21,24,28H,7-8,10-11,15-17,33H2,1-4H3/t18-,19-,21-,24+,28?/m1/s1. The zero-order chi connectivity index (χ0) is 28.4. The van der Waals surface area contributed by atoms with Gasteiger partial charge in [0.15, 0.2) is 5.82 Å². The molecule has 1 amide bonds. The van der Waals surface area contributed by atoms with Gasteiger partial charge in [-0.2, -0.15) is 0 Å². The number of nitrogens with zero attached hydrogens (tertiary/aromatic N) is 5. The van der Waals surface area contributed by atoms with E-state index in [2.05, 4.69) is 28.2 Å². The van der Waals surface area contributed by atoms with Crippen molar-refractivity contribution in [1.82, 2.24) is 24.0 Å². The van der Waals surface area contributed by atoms with Gasteiger partial charge in [-0.05, 0) is 80.7 Å². The van der Waals surface area contributed by atoms with E-state index >= 15 is 0 Å². The molecule has 2 saturated carbocycles. The number of benzene rings is 1. The van der Waals surface area contributed by atoms with Crippen LogP contribution in [0.5, 0.6) is 5.75 Å². The number of nitrogens with two attached hydrogens (primary N) is 1. The van der Waals surface area contributed by atoms with E-state index in [-0.39, 0.29) is 23.9 Å². The molecule has 4 aromatic rings. The van der Waals surface area contributed by atoms with Crippen LogP contribution in [0, 0.1) is 17.8 Å². The van der Waals surface area contributed by atoms with E-state index in [0.717, 1.165) is 59.5 Å². The molecule has 0 bridgehead atoms. The second kappa shape index (κ2) is 10.1. The Labute approximate surface area is 240 Å². The number of hydrogen-bond acceptors (Lipinski definition) is 6. The van der Waals surface area contributed by atoms with Crippen molar-refractivity contribution < 1.29 is 14.3 Å². The first-order chi connectivity index (χ1) is 19.9. The van der Waals surface area contributed by atoms with Crippen LogP contribution in [0.1, 0.15) is 49.9 Å². The molecule has 9 nitrogen and oxygen atoms in total. The van der Waals surface area contributed by atoms with E-state index in [0.29, 0.717) is 35.8 Å². The second-order valence-corrected chi connectivity index (χ2v) is 12.5. The lowest BCUT2D eigenvalue weighted by molar-refractivity contribution is -0.00392. The SMILES string of the molecule is COc1cc(C(=O)N2C[C@@H](C)C(N)[C@H]2C)cc2nc(-c3cc4cccnc4n3CC3CC3)n(C[C@H]3C[C@@H](OC)C3)c12. The van der Waals surface area contributed by atoms with E-state index in [1.54, 1.807) is 14.2 Å². The largest absolute Gasteiger partial charge is 0.494 e. The zero-order valence-electron chi connectivity index (χ0n) is 24.4. The van der Waals surface area contributed by atoms with Gasteiger partial charge in [-0.15, -0.1) is 0 Å². The molecule has 2 N–H and O–H groups in total. The molecule has 3 fully saturated rings. The predicted octanol–water partition coefficient (Wildman–Crippen LogP) is 4.70. The van der Waals surface area contributed by atoms with E-state index in [4.69, 9.17) is 25.2 Å². The fourth-order valence-electron chi connectivity index (χ4n) is 6.89. The summed E-state index contributed by atoms with van der Waals surface area (Å²) < 4.78 is 16.2. The van der Waals surface area contributed by atoms with Crippen LogP contribution in [0.15, 0.2) is 36.5 Å². The van der Waals surface area contributed by atoms with Crippen molar-refractivity contribution in [3.05, 3.63) is 42.1 Å². The lowest BCUT2D eigenvalue weighted by atomic mass is 9.82. The van der Waals surface area contributed by atoms with E-state index in [1.807, 2.05) is 36.2 Å². The Morgan fingerprint density at radius 3 is 2.54 bits per heavy atom. The zero-order valence-corrected chi connectivity index (χ0v) is 24.4. The Bertz CT molecular complexity index is 1610. The van der Waals surface area contributed by atoms with Crippen molar-refractivity contribution in [3.63, 3.8) is 0 Å². The average Bonchev–Trinajstić information content (AvgIpc) is 3.53. The monoisotopic (exact) mass is 556 g/mol. The van der Waals surface area contributed by atoms with Gasteiger partial charge in [0, 0.05) is 56.0 Å². The minimum Gasteiger partial charge on any atom is -0.494 e. The molecule has 3 aliphatic rings. The summed E-state index contributed by atoms with van der Waals surface area (Å²) in [5.41, 5.74) is 10.7. The smallest absolute Gasteiger partial charge is 0.254 e. The maximum absolute atomic E-state index is 13.8. The highest BCUT2D eigenvalue weighted by atomic mass is 16.5. The van der Waals surface area contributed by atoms with Crippen LogP contribution in [0.4, 0.5) is 0 Å². The molecule has 41 heavy (non-hydrogen) atoms. The third kappa shape index (κ3) is 4.50. The number of imidazole rings is 1. The number of aromatic nitrogens is 4. The Morgan fingerprint density at radius 2 is 1.85 bits per heavy atom. The van der Waals surface area contributed by atoms with Gasteiger partial charge >= 0.3 is 0 Å². The van der Waals surface area contributed by atoms with Crippen molar-refractivity contribution in [2.24, 2.45) is 23.5 Å². The number of pyridine rings is 1. The average molecular weight is 557 g/mol. The van der Waals surface area contributed by atoms with Crippen LogP contribution >= 0.6 is 0 Å². The maximum Gasteiger partial charge on any atom is 0.254 e. The minimum absolute atomic E-state index is 0.0229. The lowest BCUT2D eigenvalue weighted by Gasteiger charge is -2.34. The van der Waals surface area contributed by atoms with Crippen molar-refractivity contribution in [2.45, 2.75) is 70.8 Å². The topological polar surface area (TPSA) is 100 Å². The number of rotatable bonds is 8. The van der Waals surface area contributed by atoms with Crippen LogP contribution in [0.3, 0.4) is 0 Å². The van der Waals surface area contributed by atoms with Crippen LogP contribution in [-0.4, -0.2) is 68.9 Å². The van der Waals surface area contributed by atoms with Crippen LogP contribution < -0.4 is 10.5 Å². The van der Waals surface area contributed by atoms with Crippen molar-refractivity contribution in [3.8, 4) is 17.3 Å². The highest BCUT2D eigenvalue weighted by Crippen LogP contribution is 2.40. The van der Waals surface area contributed by atoms with Crippen molar-refractivity contribution in [2.75, 3.05) is 20.8 Å². The molecule has 9 heteroatoms. The molecule has 1 aliphatic heterocycles. The Morgan fingerprint density at radius 1 is 1.07 bits per heavy atom. The predicted molar refractivity (Wildman–Crippen MR) is 159 cm³/mol. The van der Waals surface area contributed by atoms with Crippen molar-refractivity contribution >= 4 is 28.0 Å². The van der Waals surface area contributed by atoms with Gasteiger partial charge in [0.2, 0.25) is 0 Å². The molecule has 4 heterocycles. The number of carbonyl (C=O) groups excluding carboxylic acids is 1. The van der Waals surface area contributed by atoms with Crippen molar-refractivity contribution in [1.29, 1.82) is 0 Å². The number of ether oxygens (including phenoxy) is 2. The number of methoxy groups -OCH3 is 2. The van der Waals surface area contributed by atoms with E-state index < -0.39 is 0 Å². The Balaban J connectivity index is 1.38. The molecule has 0 radical (unpaired) electrons. The summed E-state index contributed by atoms with van der Waals surface area (Å²) >= 11 is 0. The molecule has 3 aromatic heterocycles. The Kier molecular flexibility index (Phi) is 6.54. The summed E-state index contributed by atoms with van der Waals surface area (Å²) in [4.78, 5) is 25.7. The molecule has 2 aliphatic carbocycles. The number of fused-ring (bicyclic) bond motifs is 2. The van der Waals surface area contributed by atoms with Crippen LogP contribution in [-0.2, 0) is 17.8 Å². The second-order valence-electron chi connectivity index (χ2n) is 12.5. The number of likely N-dealkylation sites (tertiary alicyclic amines) is 1. The molecule has 3 atom stereocenters. The highest BCUT2D eigenvalue weighted by Gasteiger charge is 2.38. The molecule has 1 saturated heterocycles. The van der Waals surface area contributed by atoms with Gasteiger partial charge in [0.1, 0.15) is 16.9 Å². The summed E-state index contributed by atoms with van der Waals surface area (Å²) in [6.07, 6.45) is 6.72. The molecule has 7 rings (SSSR count). The maximum atomic E-state index is 13.8. The molecular formula is C32H40N6O3. The van der Waals surface area contributed by atoms with Gasteiger partial charge in [-0.1, -0.05) is 6.92 Å². The summed E-state index contributed by atoms with van der Waals surface area (Å²) in [6, 6.07) is 10.1. The fraction of sp³-hybridized carbons (Fsp3) is 0.531. The third-order valence-electron chi connectivity index (χ3n) is 9.71. The summed E-state index contributed by atoms with van der Waals surface area (Å²) in [6.45, 7) is 6.53. The normalized spacial score (nSPS) is 26.2. The van der Waals surface area contributed by atoms with Gasteiger partial charge < -0.3 is 29.2 Å². The lowest BCUT2D eigenvalue weighted by Crippen LogP contribution is -2.40. The van der Waals surface area contributed by atoms with Gasteiger partial charge in [0.05, 0.1) is 24.4 Å². The van der Waals surface area contributed by atoms with Crippen LogP contribution in [0.2, 0.25) is 0 Å².